The molecule has 13 heteroatoms. The molecule has 0 spiro atoms. The molecule has 0 aromatic carbocycles. The standard InChI is InChI=1S/C22H36N8O2S3/c23-17(34-21(24)27-18(31)11-15-3-1-7-25-13-15)5-9-33-10-6-20-29-30-22(35-20)28-19(32)12-16-4-2-8-26-14-16/h15-16,23,25-26H,1-14H2,(H2,24,27,31)(H,28,30,32). The number of aromatic nitrogens is 2. The number of amides is 2. The highest BCUT2D eigenvalue weighted by Gasteiger charge is 2.18. The number of nitrogens with zero attached hydrogens (tertiary/aromatic N) is 3. The fraction of sp³-hybridized carbons (Fsp3) is 0.727. The lowest BCUT2D eigenvalue weighted by Crippen LogP contribution is -2.32. The number of hydrogen-bond donors (Lipinski definition) is 5. The molecule has 2 aliphatic rings. The second kappa shape index (κ2) is 15.5. The Labute approximate surface area is 219 Å². The first-order chi connectivity index (χ1) is 17.0. The maximum absolute atomic E-state index is 12.2. The molecule has 2 amide bonds. The van der Waals surface area contributed by atoms with Gasteiger partial charge in [0, 0.05) is 25.7 Å². The highest BCUT2D eigenvalue weighted by molar-refractivity contribution is 8.26. The summed E-state index contributed by atoms with van der Waals surface area (Å²) in [6.45, 7) is 3.81. The number of aryl methyl sites for hydroxylation is 1. The minimum Gasteiger partial charge on any atom is -0.378 e. The molecule has 2 atom stereocenters. The van der Waals surface area contributed by atoms with Gasteiger partial charge < -0.3 is 21.7 Å². The molecule has 2 aliphatic heterocycles. The Balaban J connectivity index is 1.25. The van der Waals surface area contributed by atoms with Crippen LogP contribution in [0, 0.1) is 17.2 Å². The lowest BCUT2D eigenvalue weighted by molar-refractivity contribution is -0.119. The molecule has 6 N–H and O–H groups in total. The number of amidine groups is 1. The molecule has 2 unspecified atom stereocenters. The average molecular weight is 541 g/mol. The van der Waals surface area contributed by atoms with E-state index in [9.17, 15) is 9.59 Å². The smallest absolute Gasteiger partial charge is 0.248 e. The second-order valence-corrected chi connectivity index (χ2v) is 12.3. The quantitative estimate of drug-likeness (QED) is 0.161. The minimum atomic E-state index is -0.204. The molecule has 0 saturated carbocycles. The predicted molar refractivity (Wildman–Crippen MR) is 147 cm³/mol. The topological polar surface area (TPSA) is 158 Å². The Hall–Kier alpha value is -1.54. The van der Waals surface area contributed by atoms with E-state index in [1.54, 1.807) is 11.8 Å². The SMILES string of the molecule is N=C(CCSCCc1nnc(NC(=O)CC2CCCNC2)s1)SC(N)=NC(=O)CC1CCCNC1. The van der Waals surface area contributed by atoms with Crippen molar-refractivity contribution >= 4 is 62.0 Å². The van der Waals surface area contributed by atoms with Crippen LogP contribution in [0.15, 0.2) is 4.99 Å². The number of anilines is 1. The van der Waals surface area contributed by atoms with Gasteiger partial charge in [-0.15, -0.1) is 10.2 Å². The Kier molecular flexibility index (Phi) is 12.5. The number of carbonyl (C=O) groups excluding carboxylic acids is 2. The van der Waals surface area contributed by atoms with E-state index in [1.807, 2.05) is 0 Å². The van der Waals surface area contributed by atoms with Crippen molar-refractivity contribution in [2.75, 3.05) is 43.0 Å². The average Bonchev–Trinajstić information content (AvgIpc) is 3.26. The number of carbonyl (C=O) groups is 2. The molecular formula is C22H36N8O2S3. The van der Waals surface area contributed by atoms with Gasteiger partial charge in [0.15, 0.2) is 5.17 Å². The fourth-order valence-electron chi connectivity index (χ4n) is 4.08. The van der Waals surface area contributed by atoms with Crippen molar-refractivity contribution in [1.82, 2.24) is 20.8 Å². The van der Waals surface area contributed by atoms with Crippen LogP contribution in [0.3, 0.4) is 0 Å². The molecule has 194 valence electrons. The van der Waals surface area contributed by atoms with Gasteiger partial charge >= 0.3 is 0 Å². The zero-order chi connectivity index (χ0) is 24.9. The van der Waals surface area contributed by atoms with Gasteiger partial charge in [-0.05, 0) is 87.0 Å². The number of aliphatic imine (C=N–C) groups is 1. The summed E-state index contributed by atoms with van der Waals surface area (Å²) in [5, 5.41) is 27.8. The molecule has 2 saturated heterocycles. The van der Waals surface area contributed by atoms with Gasteiger partial charge in [0.2, 0.25) is 16.9 Å². The Morgan fingerprint density at radius 1 is 1.11 bits per heavy atom. The van der Waals surface area contributed by atoms with Gasteiger partial charge in [0.1, 0.15) is 5.01 Å². The van der Waals surface area contributed by atoms with Crippen molar-refractivity contribution < 1.29 is 9.59 Å². The van der Waals surface area contributed by atoms with Gasteiger partial charge in [-0.3, -0.25) is 15.0 Å². The van der Waals surface area contributed by atoms with Gasteiger partial charge in [0.25, 0.3) is 0 Å². The molecular weight excluding hydrogens is 504 g/mol. The van der Waals surface area contributed by atoms with Crippen LogP contribution in [0.5, 0.6) is 0 Å². The second-order valence-electron chi connectivity index (χ2n) is 8.86. The van der Waals surface area contributed by atoms with E-state index in [0.29, 0.717) is 41.3 Å². The lowest BCUT2D eigenvalue weighted by Gasteiger charge is -2.21. The van der Waals surface area contributed by atoms with Gasteiger partial charge in [-0.25, -0.2) is 0 Å². The summed E-state index contributed by atoms with van der Waals surface area (Å²) in [5.74, 6) is 2.15. The van der Waals surface area contributed by atoms with Gasteiger partial charge in [-0.1, -0.05) is 11.3 Å². The molecule has 3 rings (SSSR count). The lowest BCUT2D eigenvalue weighted by atomic mass is 9.96. The van der Waals surface area contributed by atoms with Crippen molar-refractivity contribution in [3.63, 3.8) is 0 Å². The minimum absolute atomic E-state index is 0.00212. The largest absolute Gasteiger partial charge is 0.378 e. The maximum atomic E-state index is 12.2. The normalized spacial score (nSPS) is 21.0. The van der Waals surface area contributed by atoms with E-state index < -0.39 is 0 Å². The summed E-state index contributed by atoms with van der Waals surface area (Å²) in [4.78, 5) is 28.2. The number of thioether (sulfide) groups is 2. The van der Waals surface area contributed by atoms with Crippen molar-refractivity contribution in [3.05, 3.63) is 5.01 Å². The number of nitrogens with one attached hydrogen (secondary N) is 4. The Morgan fingerprint density at radius 2 is 1.83 bits per heavy atom. The zero-order valence-electron chi connectivity index (χ0n) is 20.0. The van der Waals surface area contributed by atoms with Gasteiger partial charge in [0.05, 0.1) is 5.04 Å². The first-order valence-electron chi connectivity index (χ1n) is 12.2. The van der Waals surface area contributed by atoms with Crippen molar-refractivity contribution in [3.8, 4) is 0 Å². The summed E-state index contributed by atoms with van der Waals surface area (Å²) in [6, 6.07) is 0. The predicted octanol–water partition coefficient (Wildman–Crippen LogP) is 2.47. The van der Waals surface area contributed by atoms with Crippen LogP contribution in [0.4, 0.5) is 5.13 Å². The van der Waals surface area contributed by atoms with E-state index in [0.717, 1.165) is 86.6 Å². The molecule has 0 radical (unpaired) electrons. The van der Waals surface area contributed by atoms with Crippen molar-refractivity contribution in [2.24, 2.45) is 22.6 Å². The molecule has 0 bridgehead atoms. The third kappa shape index (κ3) is 11.4. The van der Waals surface area contributed by atoms with E-state index in [-0.39, 0.29) is 17.0 Å². The van der Waals surface area contributed by atoms with Crippen LogP contribution in [-0.4, -0.2) is 69.9 Å². The summed E-state index contributed by atoms with van der Waals surface area (Å²) >= 11 is 4.20. The third-order valence-electron chi connectivity index (χ3n) is 5.84. The van der Waals surface area contributed by atoms with Crippen molar-refractivity contribution in [2.45, 2.75) is 51.4 Å². The number of nitrogens with two attached hydrogens (primary N) is 1. The number of rotatable bonds is 11. The first kappa shape index (κ1) is 28.0. The summed E-state index contributed by atoms with van der Waals surface area (Å²) in [5.41, 5.74) is 5.86. The molecule has 1 aromatic heterocycles. The molecule has 0 aliphatic carbocycles. The monoisotopic (exact) mass is 540 g/mol. The van der Waals surface area contributed by atoms with Gasteiger partial charge in [-0.2, -0.15) is 16.8 Å². The van der Waals surface area contributed by atoms with E-state index in [1.165, 1.54) is 11.3 Å². The number of hydrogen-bond acceptors (Lipinski definition) is 10. The summed E-state index contributed by atoms with van der Waals surface area (Å²) < 4.78 is 0. The Morgan fingerprint density at radius 3 is 2.51 bits per heavy atom. The molecule has 2 fully saturated rings. The summed E-state index contributed by atoms with van der Waals surface area (Å²) in [6.07, 6.45) is 6.60. The van der Waals surface area contributed by atoms with E-state index in [2.05, 4.69) is 31.1 Å². The third-order valence-corrected chi connectivity index (χ3v) is 8.48. The molecule has 35 heavy (non-hydrogen) atoms. The fourth-order valence-corrected chi connectivity index (χ4v) is 6.58. The van der Waals surface area contributed by atoms with E-state index >= 15 is 0 Å². The van der Waals surface area contributed by atoms with Crippen LogP contribution < -0.4 is 21.7 Å². The Bertz CT molecular complexity index is 867. The molecule has 1 aromatic rings. The van der Waals surface area contributed by atoms with Crippen LogP contribution in [-0.2, 0) is 16.0 Å². The first-order valence-corrected chi connectivity index (χ1v) is 15.0. The molecule has 3 heterocycles. The number of piperidine rings is 2. The summed E-state index contributed by atoms with van der Waals surface area (Å²) in [7, 11) is 0. The van der Waals surface area contributed by atoms with E-state index in [4.69, 9.17) is 11.1 Å². The highest BCUT2D eigenvalue weighted by Crippen LogP contribution is 2.20. The molecule has 10 nitrogen and oxygen atoms in total. The van der Waals surface area contributed by atoms with Crippen molar-refractivity contribution in [1.29, 1.82) is 5.41 Å². The van der Waals surface area contributed by atoms with Crippen LogP contribution >= 0.6 is 34.9 Å². The van der Waals surface area contributed by atoms with Crippen LogP contribution in [0.25, 0.3) is 0 Å². The van der Waals surface area contributed by atoms with Crippen LogP contribution in [0.1, 0.15) is 50.0 Å². The highest BCUT2D eigenvalue weighted by atomic mass is 32.2. The zero-order valence-corrected chi connectivity index (χ0v) is 22.5. The van der Waals surface area contributed by atoms with Crippen LogP contribution in [0.2, 0.25) is 0 Å². The maximum Gasteiger partial charge on any atom is 0.248 e.